The molecule has 0 aromatic rings. The minimum Gasteiger partial charge on any atom is -0.340 e. The summed E-state index contributed by atoms with van der Waals surface area (Å²) in [4.78, 5) is 16.2. The summed E-state index contributed by atoms with van der Waals surface area (Å²) >= 11 is 0. The van der Waals surface area contributed by atoms with Gasteiger partial charge < -0.3 is 10.6 Å². The number of carbonyl (C=O) groups is 1. The summed E-state index contributed by atoms with van der Waals surface area (Å²) in [5, 5.41) is 0. The first kappa shape index (κ1) is 14.5. The van der Waals surface area contributed by atoms with Gasteiger partial charge in [-0.1, -0.05) is 6.92 Å². The maximum absolute atomic E-state index is 12.2. The molecule has 4 heteroatoms. The van der Waals surface area contributed by atoms with Crippen molar-refractivity contribution in [2.45, 2.75) is 51.6 Å². The van der Waals surface area contributed by atoms with Crippen LogP contribution in [0.1, 0.15) is 40.0 Å². The predicted molar refractivity (Wildman–Crippen MR) is 70.8 cm³/mol. The molecule has 1 aliphatic heterocycles. The number of nitrogens with two attached hydrogens (primary N) is 1. The molecule has 17 heavy (non-hydrogen) atoms. The molecular weight excluding hydrogens is 214 g/mol. The van der Waals surface area contributed by atoms with Crippen molar-refractivity contribution in [3.05, 3.63) is 0 Å². The standard InChI is InChI=1S/C13H27N3O/c1-5-13(2,3)15(4)12(17)10-16-8-6-11(14)7-9-16/h11H,5-10,14H2,1-4H3. The van der Waals surface area contributed by atoms with Crippen LogP contribution >= 0.6 is 0 Å². The Balaban J connectivity index is 2.44. The number of nitrogens with zero attached hydrogens (tertiary/aromatic N) is 2. The number of rotatable bonds is 4. The van der Waals surface area contributed by atoms with Crippen LogP contribution < -0.4 is 5.73 Å². The fourth-order valence-corrected chi connectivity index (χ4v) is 1.98. The monoisotopic (exact) mass is 241 g/mol. The highest BCUT2D eigenvalue weighted by Crippen LogP contribution is 2.17. The lowest BCUT2D eigenvalue weighted by Crippen LogP contribution is -2.50. The van der Waals surface area contributed by atoms with Gasteiger partial charge >= 0.3 is 0 Å². The molecule has 1 fully saturated rings. The molecule has 0 unspecified atom stereocenters. The van der Waals surface area contributed by atoms with Crippen molar-refractivity contribution in [1.29, 1.82) is 0 Å². The summed E-state index contributed by atoms with van der Waals surface area (Å²) in [5.74, 6) is 0.215. The molecule has 1 saturated heterocycles. The van der Waals surface area contributed by atoms with Crippen LogP contribution in [-0.2, 0) is 4.79 Å². The molecule has 4 nitrogen and oxygen atoms in total. The van der Waals surface area contributed by atoms with Gasteiger partial charge in [0.25, 0.3) is 0 Å². The van der Waals surface area contributed by atoms with E-state index in [0.29, 0.717) is 12.6 Å². The van der Waals surface area contributed by atoms with Gasteiger partial charge in [0.1, 0.15) is 0 Å². The average Bonchev–Trinajstić information content (AvgIpc) is 2.31. The Bertz CT molecular complexity index is 257. The highest BCUT2D eigenvalue weighted by molar-refractivity contribution is 5.78. The number of carbonyl (C=O) groups excluding carboxylic acids is 1. The zero-order valence-corrected chi connectivity index (χ0v) is 11.7. The number of likely N-dealkylation sites (N-methyl/N-ethyl adjacent to an activating group) is 1. The van der Waals surface area contributed by atoms with Crippen LogP contribution in [-0.4, -0.2) is 54.0 Å². The van der Waals surface area contributed by atoms with E-state index < -0.39 is 0 Å². The van der Waals surface area contributed by atoms with E-state index in [1.807, 2.05) is 11.9 Å². The second kappa shape index (κ2) is 5.83. The van der Waals surface area contributed by atoms with Crippen molar-refractivity contribution in [2.24, 2.45) is 5.73 Å². The lowest BCUT2D eigenvalue weighted by molar-refractivity contribution is -0.136. The molecule has 0 aliphatic carbocycles. The van der Waals surface area contributed by atoms with E-state index >= 15 is 0 Å². The van der Waals surface area contributed by atoms with Gasteiger partial charge in [-0.3, -0.25) is 9.69 Å². The molecule has 0 aromatic carbocycles. The van der Waals surface area contributed by atoms with Gasteiger partial charge in [0.2, 0.25) is 5.91 Å². The van der Waals surface area contributed by atoms with Gasteiger partial charge in [-0.2, -0.15) is 0 Å². The van der Waals surface area contributed by atoms with Crippen LogP contribution in [0.15, 0.2) is 0 Å². The Morgan fingerprint density at radius 1 is 1.41 bits per heavy atom. The highest BCUT2D eigenvalue weighted by Gasteiger charge is 2.27. The van der Waals surface area contributed by atoms with Gasteiger partial charge in [-0.25, -0.2) is 0 Å². The lowest BCUT2D eigenvalue weighted by Gasteiger charge is -2.37. The fraction of sp³-hybridized carbons (Fsp3) is 0.923. The Morgan fingerprint density at radius 2 is 1.94 bits per heavy atom. The van der Waals surface area contributed by atoms with Gasteiger partial charge in [0.05, 0.1) is 6.54 Å². The molecule has 0 bridgehead atoms. The van der Waals surface area contributed by atoms with Crippen LogP contribution in [0, 0.1) is 0 Å². The topological polar surface area (TPSA) is 49.6 Å². The second-order valence-corrected chi connectivity index (χ2v) is 5.73. The summed E-state index contributed by atoms with van der Waals surface area (Å²) in [5.41, 5.74) is 5.80. The van der Waals surface area contributed by atoms with Crippen LogP contribution in [0.5, 0.6) is 0 Å². The van der Waals surface area contributed by atoms with Crippen molar-refractivity contribution in [3.63, 3.8) is 0 Å². The Morgan fingerprint density at radius 3 is 2.41 bits per heavy atom. The number of amides is 1. The maximum atomic E-state index is 12.2. The number of hydrogen-bond donors (Lipinski definition) is 1. The Labute approximate surface area is 105 Å². The van der Waals surface area contributed by atoms with Gasteiger partial charge in [-0.05, 0) is 33.1 Å². The smallest absolute Gasteiger partial charge is 0.236 e. The molecule has 0 saturated carbocycles. The lowest BCUT2D eigenvalue weighted by atomic mass is 10.00. The number of likely N-dealkylation sites (tertiary alicyclic amines) is 1. The van der Waals surface area contributed by atoms with Crippen molar-refractivity contribution in [3.8, 4) is 0 Å². The molecule has 1 heterocycles. The number of piperidine rings is 1. The normalized spacial score (nSPS) is 19.4. The van der Waals surface area contributed by atoms with Gasteiger partial charge in [0, 0.05) is 31.7 Å². The third-order valence-electron chi connectivity index (χ3n) is 4.14. The largest absolute Gasteiger partial charge is 0.340 e. The van der Waals surface area contributed by atoms with Crippen molar-refractivity contribution in [2.75, 3.05) is 26.7 Å². The van der Waals surface area contributed by atoms with E-state index in [4.69, 9.17) is 5.73 Å². The van der Waals surface area contributed by atoms with E-state index in [0.717, 1.165) is 32.4 Å². The maximum Gasteiger partial charge on any atom is 0.236 e. The summed E-state index contributed by atoms with van der Waals surface area (Å²) in [6, 6.07) is 0.325. The highest BCUT2D eigenvalue weighted by atomic mass is 16.2. The molecule has 0 aromatic heterocycles. The third kappa shape index (κ3) is 3.96. The molecule has 2 N–H and O–H groups in total. The molecular formula is C13H27N3O. The number of hydrogen-bond acceptors (Lipinski definition) is 3. The van der Waals surface area contributed by atoms with E-state index in [1.54, 1.807) is 0 Å². The first-order chi connectivity index (χ1) is 7.86. The van der Waals surface area contributed by atoms with E-state index in [-0.39, 0.29) is 11.4 Å². The van der Waals surface area contributed by atoms with E-state index in [2.05, 4.69) is 25.7 Å². The van der Waals surface area contributed by atoms with Crippen LogP contribution in [0.25, 0.3) is 0 Å². The minimum atomic E-state index is -0.0523. The minimum absolute atomic E-state index is 0.0523. The predicted octanol–water partition coefficient (Wildman–Crippen LogP) is 1.06. The molecule has 0 radical (unpaired) electrons. The van der Waals surface area contributed by atoms with Crippen molar-refractivity contribution < 1.29 is 4.79 Å². The Kier molecular flexibility index (Phi) is 4.95. The third-order valence-corrected chi connectivity index (χ3v) is 4.14. The molecule has 0 atom stereocenters. The average molecular weight is 241 g/mol. The molecule has 0 spiro atoms. The van der Waals surface area contributed by atoms with E-state index in [1.165, 1.54) is 0 Å². The molecule has 1 aliphatic rings. The van der Waals surface area contributed by atoms with Crippen molar-refractivity contribution in [1.82, 2.24) is 9.80 Å². The summed E-state index contributed by atoms with van der Waals surface area (Å²) < 4.78 is 0. The first-order valence-electron chi connectivity index (χ1n) is 6.61. The van der Waals surface area contributed by atoms with Crippen LogP contribution in [0.3, 0.4) is 0 Å². The summed E-state index contributed by atoms with van der Waals surface area (Å²) in [7, 11) is 1.90. The molecule has 1 amide bonds. The van der Waals surface area contributed by atoms with Gasteiger partial charge in [0.15, 0.2) is 0 Å². The zero-order chi connectivity index (χ0) is 13.1. The quantitative estimate of drug-likeness (QED) is 0.800. The van der Waals surface area contributed by atoms with Gasteiger partial charge in [-0.15, -0.1) is 0 Å². The SMILES string of the molecule is CCC(C)(C)N(C)C(=O)CN1CCC(N)CC1. The van der Waals surface area contributed by atoms with Crippen molar-refractivity contribution >= 4 is 5.91 Å². The second-order valence-electron chi connectivity index (χ2n) is 5.73. The van der Waals surface area contributed by atoms with Crippen LogP contribution in [0.2, 0.25) is 0 Å². The summed E-state index contributed by atoms with van der Waals surface area (Å²) in [6.45, 7) is 8.77. The van der Waals surface area contributed by atoms with Crippen LogP contribution in [0.4, 0.5) is 0 Å². The molecule has 100 valence electrons. The summed E-state index contributed by atoms with van der Waals surface area (Å²) in [6.07, 6.45) is 2.99. The fourth-order valence-electron chi connectivity index (χ4n) is 1.98. The Hall–Kier alpha value is -0.610. The zero-order valence-electron chi connectivity index (χ0n) is 11.7. The first-order valence-corrected chi connectivity index (χ1v) is 6.61. The molecule has 1 rings (SSSR count). The van der Waals surface area contributed by atoms with E-state index in [9.17, 15) is 4.79 Å².